The number of hydrogen-bond donors (Lipinski definition) is 1. The summed E-state index contributed by atoms with van der Waals surface area (Å²) in [6.45, 7) is 2.66. The Morgan fingerprint density at radius 3 is 2.27 bits per heavy atom. The van der Waals surface area contributed by atoms with Crippen LogP contribution in [0.5, 0.6) is 0 Å². The van der Waals surface area contributed by atoms with Gasteiger partial charge in [-0.1, -0.05) is 48.5 Å². The van der Waals surface area contributed by atoms with Crippen LogP contribution in [0, 0.1) is 18.6 Å². The molecule has 0 aliphatic heterocycles. The Labute approximate surface area is 213 Å². The number of imidazole rings is 1. The Bertz CT molecular complexity index is 1600. The average molecular weight is 500 g/mol. The number of aryl methyl sites for hydroxylation is 1. The third-order valence-corrected chi connectivity index (χ3v) is 6.39. The molecule has 188 valence electrons. The molecule has 0 radical (unpaired) electrons. The zero-order chi connectivity index (χ0) is 26.1. The molecule has 0 fully saturated rings. The minimum atomic E-state index is -0.650. The summed E-state index contributed by atoms with van der Waals surface area (Å²) in [6, 6.07) is 21.1. The van der Waals surface area contributed by atoms with Crippen molar-refractivity contribution in [1.82, 2.24) is 18.9 Å². The highest BCUT2D eigenvalue weighted by atomic mass is 19.1. The van der Waals surface area contributed by atoms with Gasteiger partial charge >= 0.3 is 0 Å². The van der Waals surface area contributed by atoms with Gasteiger partial charge in [-0.05, 0) is 43.8 Å². The largest absolute Gasteiger partial charge is 0.399 e. The van der Waals surface area contributed by atoms with E-state index < -0.39 is 11.6 Å². The Morgan fingerprint density at radius 2 is 1.59 bits per heavy atom. The molecule has 0 aliphatic carbocycles. The van der Waals surface area contributed by atoms with Crippen molar-refractivity contribution in [1.29, 1.82) is 0 Å². The molecule has 0 spiro atoms. The van der Waals surface area contributed by atoms with Crippen molar-refractivity contribution >= 4 is 11.5 Å². The number of nitrogens with zero attached hydrogens (tertiary/aromatic N) is 4. The molecule has 8 heteroatoms. The fraction of sp³-hybridized carbons (Fsp3) is 0.172. The number of aromatic nitrogens is 3. The molecule has 2 aromatic heterocycles. The summed E-state index contributed by atoms with van der Waals surface area (Å²) in [5.74, 6) is -0.988. The second-order valence-electron chi connectivity index (χ2n) is 9.27. The molecular weight excluding hydrogens is 472 g/mol. The number of benzene rings is 3. The van der Waals surface area contributed by atoms with Gasteiger partial charge in [-0.15, -0.1) is 0 Å². The highest BCUT2D eigenvalue weighted by Crippen LogP contribution is 2.27. The highest BCUT2D eigenvalue weighted by molar-refractivity contribution is 5.67. The number of halogens is 2. The molecule has 0 unspecified atom stereocenters. The molecule has 0 saturated heterocycles. The van der Waals surface area contributed by atoms with Gasteiger partial charge in [-0.2, -0.15) is 0 Å². The van der Waals surface area contributed by atoms with Crippen LogP contribution in [-0.4, -0.2) is 25.9 Å². The molecular formula is C29H27F2N5O. The molecule has 2 heterocycles. The summed E-state index contributed by atoms with van der Waals surface area (Å²) < 4.78 is 32.2. The first kappa shape index (κ1) is 24.4. The average Bonchev–Trinajstić information content (AvgIpc) is 3.25. The van der Waals surface area contributed by atoms with Crippen LogP contribution in [0.2, 0.25) is 0 Å². The second-order valence-corrected chi connectivity index (χ2v) is 9.27. The Hall–Kier alpha value is -4.30. The summed E-state index contributed by atoms with van der Waals surface area (Å²) in [6.07, 6.45) is 1.60. The van der Waals surface area contributed by atoms with Crippen molar-refractivity contribution < 1.29 is 8.78 Å². The van der Waals surface area contributed by atoms with Crippen LogP contribution in [0.3, 0.4) is 0 Å². The van der Waals surface area contributed by atoms with Crippen molar-refractivity contribution in [2.75, 3.05) is 12.8 Å². The number of nitrogen functional groups attached to an aromatic ring is 1. The lowest BCUT2D eigenvalue weighted by atomic mass is 10.1. The maximum Gasteiger partial charge on any atom is 0.262 e. The van der Waals surface area contributed by atoms with Crippen LogP contribution in [-0.2, 0) is 19.6 Å². The van der Waals surface area contributed by atoms with E-state index in [2.05, 4.69) is 4.90 Å². The first-order valence-corrected chi connectivity index (χ1v) is 11.9. The molecule has 0 saturated carbocycles. The summed E-state index contributed by atoms with van der Waals surface area (Å²) in [5, 5.41) is 0. The smallest absolute Gasteiger partial charge is 0.262 e. The molecule has 6 nitrogen and oxygen atoms in total. The quantitative estimate of drug-likeness (QED) is 0.320. The summed E-state index contributed by atoms with van der Waals surface area (Å²) in [4.78, 5) is 20.4. The van der Waals surface area contributed by atoms with Gasteiger partial charge in [0.05, 0.1) is 17.9 Å². The summed E-state index contributed by atoms with van der Waals surface area (Å²) in [7, 11) is 1.97. The first-order valence-electron chi connectivity index (χ1n) is 11.9. The van der Waals surface area contributed by atoms with Gasteiger partial charge in [-0.3, -0.25) is 9.69 Å². The lowest BCUT2D eigenvalue weighted by molar-refractivity contribution is 0.314. The van der Waals surface area contributed by atoms with E-state index in [-0.39, 0.29) is 17.7 Å². The van der Waals surface area contributed by atoms with Crippen molar-refractivity contribution in [2.45, 2.75) is 26.6 Å². The van der Waals surface area contributed by atoms with E-state index in [9.17, 15) is 13.6 Å². The third-order valence-electron chi connectivity index (χ3n) is 6.39. The Balaban J connectivity index is 1.68. The molecule has 5 rings (SSSR count). The van der Waals surface area contributed by atoms with Crippen LogP contribution in [0.25, 0.3) is 17.0 Å². The van der Waals surface area contributed by atoms with Crippen LogP contribution in [0.15, 0.2) is 83.8 Å². The monoisotopic (exact) mass is 499 g/mol. The fourth-order valence-corrected chi connectivity index (χ4v) is 4.56. The summed E-state index contributed by atoms with van der Waals surface area (Å²) >= 11 is 0. The third kappa shape index (κ3) is 4.88. The fourth-order valence-electron chi connectivity index (χ4n) is 4.56. The number of nitrogens with two attached hydrogens (primary N) is 1. The van der Waals surface area contributed by atoms with Crippen LogP contribution in [0.1, 0.15) is 22.4 Å². The van der Waals surface area contributed by atoms with Gasteiger partial charge in [0.25, 0.3) is 5.56 Å². The molecule has 0 amide bonds. The predicted octanol–water partition coefficient (Wildman–Crippen LogP) is 5.01. The van der Waals surface area contributed by atoms with Crippen LogP contribution >= 0.6 is 0 Å². The van der Waals surface area contributed by atoms with E-state index >= 15 is 0 Å². The second kappa shape index (κ2) is 9.99. The van der Waals surface area contributed by atoms with E-state index in [0.717, 1.165) is 11.1 Å². The molecule has 2 N–H and O–H groups in total. The highest BCUT2D eigenvalue weighted by Gasteiger charge is 2.22. The topological polar surface area (TPSA) is 68.6 Å². The van der Waals surface area contributed by atoms with E-state index in [1.165, 1.54) is 18.2 Å². The molecule has 0 bridgehead atoms. The Kier molecular flexibility index (Phi) is 6.58. The van der Waals surface area contributed by atoms with Gasteiger partial charge in [0.1, 0.15) is 11.6 Å². The zero-order valence-corrected chi connectivity index (χ0v) is 20.7. The van der Waals surface area contributed by atoms with Crippen molar-refractivity contribution in [2.24, 2.45) is 0 Å². The molecule has 5 aromatic rings. The lowest BCUT2D eigenvalue weighted by Gasteiger charge is -2.18. The van der Waals surface area contributed by atoms with Crippen LogP contribution in [0.4, 0.5) is 14.5 Å². The van der Waals surface area contributed by atoms with Gasteiger partial charge in [-0.25, -0.2) is 18.2 Å². The minimum absolute atomic E-state index is 0.0905. The number of fused-ring (bicyclic) bond motifs is 1. The normalized spacial score (nSPS) is 11.5. The van der Waals surface area contributed by atoms with Crippen LogP contribution < -0.4 is 11.3 Å². The van der Waals surface area contributed by atoms with E-state index in [1.807, 2.05) is 49.5 Å². The van der Waals surface area contributed by atoms with Crippen molar-refractivity contribution in [3.05, 3.63) is 123 Å². The standard InChI is InChI=1S/C29H27F2N5O/c1-19-15-35(17-23-24(30)9-6-10-25(23)31)29-33-27(21-11-13-22(32)14-12-21)26(36(29)28(19)37)18-34(2)16-20-7-4-3-5-8-20/h3-15H,16-18,32H2,1-2H3. The lowest BCUT2D eigenvalue weighted by Crippen LogP contribution is -2.25. The SMILES string of the molecule is Cc1cn(Cc2c(F)cccc2F)c2nc(-c3ccc(N)cc3)c(CN(C)Cc3ccccc3)n2c1=O. The van der Waals surface area contributed by atoms with Gasteiger partial charge in [0, 0.05) is 41.7 Å². The van der Waals surface area contributed by atoms with E-state index in [4.69, 9.17) is 10.7 Å². The number of hydrogen-bond acceptors (Lipinski definition) is 4. The maximum absolute atomic E-state index is 14.5. The number of rotatable bonds is 7. The van der Waals surface area contributed by atoms with Gasteiger partial charge < -0.3 is 10.3 Å². The van der Waals surface area contributed by atoms with Crippen molar-refractivity contribution in [3.8, 4) is 11.3 Å². The molecule has 37 heavy (non-hydrogen) atoms. The molecule has 0 atom stereocenters. The first-order chi connectivity index (χ1) is 17.8. The molecule has 3 aromatic carbocycles. The number of anilines is 1. The summed E-state index contributed by atoms with van der Waals surface area (Å²) in [5.41, 5.74) is 9.88. The maximum atomic E-state index is 14.5. The van der Waals surface area contributed by atoms with Crippen molar-refractivity contribution in [3.63, 3.8) is 0 Å². The van der Waals surface area contributed by atoms with Gasteiger partial charge in [0.2, 0.25) is 5.78 Å². The van der Waals surface area contributed by atoms with E-state index in [0.29, 0.717) is 41.5 Å². The molecule has 0 aliphatic rings. The predicted molar refractivity (Wildman–Crippen MR) is 141 cm³/mol. The zero-order valence-electron chi connectivity index (χ0n) is 20.7. The van der Waals surface area contributed by atoms with Gasteiger partial charge in [0.15, 0.2) is 0 Å². The minimum Gasteiger partial charge on any atom is -0.399 e. The Morgan fingerprint density at radius 1 is 0.919 bits per heavy atom. The van der Waals surface area contributed by atoms with E-state index in [1.54, 1.807) is 34.2 Å².